The van der Waals surface area contributed by atoms with Gasteiger partial charge in [0.1, 0.15) is 30.1 Å². The molecule has 1 amide bonds. The zero-order valence-electron chi connectivity index (χ0n) is 19.2. The molecule has 0 saturated carbocycles. The molecule has 3 aliphatic rings. The molecule has 2 aromatic carbocycles. The van der Waals surface area contributed by atoms with Gasteiger partial charge in [-0.2, -0.15) is 0 Å². The number of pyridine rings is 1. The molecule has 2 bridgehead atoms. The number of aromatic hydroxyl groups is 1. The second-order valence-corrected chi connectivity index (χ2v) is 10.1. The van der Waals surface area contributed by atoms with Gasteiger partial charge in [-0.05, 0) is 43.0 Å². The number of benzene rings is 2. The predicted octanol–water partition coefficient (Wildman–Crippen LogP) is 4.14. The van der Waals surface area contributed by atoms with Crippen LogP contribution in [0, 0.1) is 11.6 Å². The number of hydrogen-bond acceptors (Lipinski definition) is 6. The van der Waals surface area contributed by atoms with Crippen molar-refractivity contribution in [2.24, 2.45) is 0 Å². The number of hydrogen-bond donors (Lipinski definition) is 1. The Bertz CT molecular complexity index is 1440. The first kappa shape index (κ1) is 22.9. The number of aromatic nitrogens is 1. The third-order valence-electron chi connectivity index (χ3n) is 6.95. The van der Waals surface area contributed by atoms with Crippen molar-refractivity contribution in [1.29, 1.82) is 0 Å². The van der Waals surface area contributed by atoms with Crippen LogP contribution in [0.2, 0.25) is 0 Å². The molecule has 3 aliphatic heterocycles. The van der Waals surface area contributed by atoms with Crippen LogP contribution in [0.25, 0.3) is 0 Å². The maximum atomic E-state index is 15.3. The van der Waals surface area contributed by atoms with E-state index in [0.717, 1.165) is 12.8 Å². The summed E-state index contributed by atoms with van der Waals surface area (Å²) in [5.74, 6) is -1.28. The van der Waals surface area contributed by atoms with Crippen LogP contribution in [-0.2, 0) is 5.75 Å². The predicted molar refractivity (Wildman–Crippen MR) is 130 cm³/mol. The highest BCUT2D eigenvalue weighted by Gasteiger charge is 2.41. The summed E-state index contributed by atoms with van der Waals surface area (Å²) in [6.45, 7) is 0.916. The van der Waals surface area contributed by atoms with Crippen molar-refractivity contribution in [3.05, 3.63) is 86.8 Å². The van der Waals surface area contributed by atoms with Gasteiger partial charge >= 0.3 is 0 Å². The monoisotopic (exact) mass is 511 g/mol. The van der Waals surface area contributed by atoms with Crippen molar-refractivity contribution in [2.45, 2.75) is 36.0 Å². The van der Waals surface area contributed by atoms with Crippen LogP contribution in [0.15, 0.2) is 52.3 Å². The quantitative estimate of drug-likeness (QED) is 0.489. The van der Waals surface area contributed by atoms with Gasteiger partial charge in [-0.15, -0.1) is 11.8 Å². The number of carbonyl (C=O) groups excluding carboxylic acids is 1. The number of fused-ring (bicyclic) bond motifs is 7. The highest BCUT2D eigenvalue weighted by atomic mass is 32.2. The first-order valence-electron chi connectivity index (χ1n) is 11.8. The van der Waals surface area contributed by atoms with Gasteiger partial charge in [0.25, 0.3) is 5.91 Å². The van der Waals surface area contributed by atoms with Crippen molar-refractivity contribution in [2.75, 3.05) is 24.8 Å². The molecule has 1 atom stereocenters. The lowest BCUT2D eigenvalue weighted by molar-refractivity contribution is 0.0673. The summed E-state index contributed by atoms with van der Waals surface area (Å²) in [7, 11) is 0. The Morgan fingerprint density at radius 1 is 1.03 bits per heavy atom. The number of thioether (sulfide) groups is 1. The van der Waals surface area contributed by atoms with E-state index in [-0.39, 0.29) is 18.1 Å². The molecular weight excluding hydrogens is 488 g/mol. The van der Waals surface area contributed by atoms with Crippen molar-refractivity contribution in [1.82, 2.24) is 9.58 Å². The zero-order chi connectivity index (χ0) is 25.0. The minimum absolute atomic E-state index is 0.0921. The van der Waals surface area contributed by atoms with Crippen LogP contribution in [0.5, 0.6) is 11.5 Å². The first-order chi connectivity index (χ1) is 17.5. The van der Waals surface area contributed by atoms with Crippen LogP contribution < -0.4 is 15.2 Å². The molecule has 7 nitrogen and oxygen atoms in total. The molecule has 0 spiro atoms. The van der Waals surface area contributed by atoms with E-state index in [9.17, 15) is 14.7 Å². The van der Waals surface area contributed by atoms with Crippen molar-refractivity contribution < 1.29 is 23.4 Å². The van der Waals surface area contributed by atoms with E-state index in [4.69, 9.17) is 4.74 Å². The summed E-state index contributed by atoms with van der Waals surface area (Å²) < 4.78 is 38.0. The highest BCUT2D eigenvalue weighted by molar-refractivity contribution is 7.98. The summed E-state index contributed by atoms with van der Waals surface area (Å²) in [5.41, 5.74) is 0.693. The van der Waals surface area contributed by atoms with Crippen molar-refractivity contribution in [3.8, 4) is 11.5 Å². The Labute approximate surface area is 209 Å². The maximum absolute atomic E-state index is 15.3. The Kier molecular flexibility index (Phi) is 5.63. The van der Waals surface area contributed by atoms with Crippen molar-refractivity contribution >= 4 is 17.7 Å². The zero-order valence-corrected chi connectivity index (χ0v) is 20.1. The van der Waals surface area contributed by atoms with E-state index >= 15 is 8.78 Å². The van der Waals surface area contributed by atoms with E-state index in [0.29, 0.717) is 46.9 Å². The second-order valence-electron chi connectivity index (χ2n) is 9.07. The molecule has 6 rings (SSSR count). The molecule has 1 N–H and O–H groups in total. The number of carbonyl (C=O) groups is 1. The van der Waals surface area contributed by atoms with E-state index in [2.05, 4.69) is 0 Å². The average Bonchev–Trinajstić information content (AvgIpc) is 3.04. The van der Waals surface area contributed by atoms with Crippen LogP contribution in [0.4, 0.5) is 8.78 Å². The lowest BCUT2D eigenvalue weighted by Crippen LogP contribution is -2.55. The summed E-state index contributed by atoms with van der Waals surface area (Å²) in [5, 5.41) is 12.4. The van der Waals surface area contributed by atoms with E-state index in [1.165, 1.54) is 40.8 Å². The molecular formula is C26H23F2N3O4S. The third kappa shape index (κ3) is 3.54. The van der Waals surface area contributed by atoms with Crippen LogP contribution in [-0.4, -0.2) is 40.4 Å². The molecule has 4 heterocycles. The Balaban J connectivity index is 1.69. The van der Waals surface area contributed by atoms with Gasteiger partial charge in [0.15, 0.2) is 11.4 Å². The number of ether oxygens (including phenoxy) is 1. The fourth-order valence-corrected chi connectivity index (χ4v) is 6.36. The van der Waals surface area contributed by atoms with E-state index in [1.807, 2.05) is 0 Å². The van der Waals surface area contributed by atoms with E-state index in [1.54, 1.807) is 28.1 Å². The van der Waals surface area contributed by atoms with Gasteiger partial charge in [0.2, 0.25) is 5.43 Å². The fourth-order valence-electron chi connectivity index (χ4n) is 5.22. The lowest BCUT2D eigenvalue weighted by Gasteiger charge is -2.44. The van der Waals surface area contributed by atoms with E-state index < -0.39 is 34.8 Å². The summed E-state index contributed by atoms with van der Waals surface area (Å²) in [4.78, 5) is 27.7. The summed E-state index contributed by atoms with van der Waals surface area (Å²) in [6, 6.07) is 8.14. The van der Waals surface area contributed by atoms with Gasteiger partial charge in [-0.1, -0.05) is 12.1 Å². The largest absolute Gasteiger partial charge is 0.502 e. The van der Waals surface area contributed by atoms with Crippen LogP contribution in [0.1, 0.15) is 52.5 Å². The molecule has 0 fully saturated rings. The number of nitrogens with zero attached hydrogens (tertiary/aromatic N) is 3. The van der Waals surface area contributed by atoms with Gasteiger partial charge in [-0.25, -0.2) is 8.78 Å². The smallest absolute Gasteiger partial charge is 0.277 e. The first-order valence-corrected chi connectivity index (χ1v) is 12.8. The summed E-state index contributed by atoms with van der Waals surface area (Å²) in [6.07, 6.45) is 3.67. The van der Waals surface area contributed by atoms with Crippen molar-refractivity contribution in [3.63, 3.8) is 0 Å². The van der Waals surface area contributed by atoms with Crippen LogP contribution >= 0.6 is 11.8 Å². The number of amides is 1. The Morgan fingerprint density at radius 3 is 2.75 bits per heavy atom. The molecule has 3 aromatic rings. The Morgan fingerprint density at radius 2 is 1.89 bits per heavy atom. The van der Waals surface area contributed by atoms with Gasteiger partial charge in [0.05, 0.1) is 6.61 Å². The highest BCUT2D eigenvalue weighted by Crippen LogP contribution is 2.47. The minimum Gasteiger partial charge on any atom is -0.502 e. The average molecular weight is 512 g/mol. The SMILES string of the molecule is O=C1c2c(O)c(=O)ccn2N2CN1CCCCCOc1ccc(F)c3c1[C@@H]2c1cccc(F)c1SC3. The van der Waals surface area contributed by atoms with Gasteiger partial charge < -0.3 is 14.7 Å². The molecule has 0 saturated heterocycles. The third-order valence-corrected chi connectivity index (χ3v) is 8.10. The second kappa shape index (κ2) is 8.85. The number of rotatable bonds is 0. The normalized spacial score (nSPS) is 19.2. The maximum Gasteiger partial charge on any atom is 0.277 e. The minimum atomic E-state index is -0.762. The molecule has 0 unspecified atom stereocenters. The molecule has 0 radical (unpaired) electrons. The topological polar surface area (TPSA) is 75.0 Å². The molecule has 186 valence electrons. The standard InChI is InChI=1S/C26H23F2N3O4S/c27-17-7-8-20-21-16(17)13-36-25-15(5-4-6-18(25)28)22(21)31-14-29(10-2-1-3-12-35-20)26(34)23-24(33)19(32)9-11-30(23)31/h4-9,11,22,33H,1-3,10,12-14H2/t22-/m0/s1. The lowest BCUT2D eigenvalue weighted by atomic mass is 9.92. The summed E-state index contributed by atoms with van der Waals surface area (Å²) >= 11 is 1.21. The fraction of sp³-hybridized carbons (Fsp3) is 0.308. The van der Waals surface area contributed by atoms with Crippen LogP contribution in [0.3, 0.4) is 0 Å². The molecule has 0 aliphatic carbocycles. The van der Waals surface area contributed by atoms with Gasteiger partial charge in [0, 0.05) is 40.6 Å². The Hall–Kier alpha value is -3.53. The molecule has 10 heteroatoms. The molecule has 36 heavy (non-hydrogen) atoms. The molecule has 1 aromatic heterocycles. The number of halogens is 2. The van der Waals surface area contributed by atoms with Gasteiger partial charge in [-0.3, -0.25) is 19.3 Å².